The zero-order valence-electron chi connectivity index (χ0n) is 10.8. The predicted molar refractivity (Wildman–Crippen MR) is 79.4 cm³/mol. The molecule has 0 fully saturated rings. The first-order valence-electron chi connectivity index (χ1n) is 5.84. The Labute approximate surface area is 113 Å². The number of carboxylic acid groups (broad SMARTS) is 1. The minimum atomic E-state index is -0.923. The van der Waals surface area contributed by atoms with Crippen molar-refractivity contribution in [3.05, 3.63) is 35.9 Å². The van der Waals surface area contributed by atoms with Gasteiger partial charge in [0.1, 0.15) is 0 Å². The molecule has 0 aromatic heterocycles. The Kier molecular flexibility index (Phi) is 6.36. The highest BCUT2D eigenvalue weighted by molar-refractivity contribution is 7.98. The van der Waals surface area contributed by atoms with Crippen LogP contribution < -0.4 is 4.90 Å². The van der Waals surface area contributed by atoms with Crippen molar-refractivity contribution in [2.24, 2.45) is 0 Å². The highest BCUT2D eigenvalue weighted by Gasteiger charge is 1.99. The predicted octanol–water partition coefficient (Wildman–Crippen LogP) is 2.97. The first-order valence-corrected chi connectivity index (χ1v) is 7.24. The molecule has 1 N–H and O–H groups in total. The summed E-state index contributed by atoms with van der Waals surface area (Å²) in [5, 5.41) is 8.54. The van der Waals surface area contributed by atoms with E-state index in [0.29, 0.717) is 0 Å². The van der Waals surface area contributed by atoms with E-state index in [2.05, 4.69) is 18.2 Å². The molecule has 1 aromatic carbocycles. The molecule has 0 aliphatic heterocycles. The molecule has 3 nitrogen and oxygen atoms in total. The maximum absolute atomic E-state index is 10.4. The number of benzene rings is 1. The average Bonchev–Trinajstić information content (AvgIpc) is 2.37. The van der Waals surface area contributed by atoms with Gasteiger partial charge in [-0.1, -0.05) is 12.1 Å². The molecule has 0 aliphatic rings. The van der Waals surface area contributed by atoms with Crippen LogP contribution in [0.15, 0.2) is 30.3 Å². The molecule has 0 radical (unpaired) electrons. The van der Waals surface area contributed by atoms with Gasteiger partial charge in [0, 0.05) is 25.4 Å². The van der Waals surface area contributed by atoms with Crippen molar-refractivity contribution >= 4 is 29.5 Å². The number of carboxylic acids is 1. The van der Waals surface area contributed by atoms with Gasteiger partial charge in [0.25, 0.3) is 0 Å². The summed E-state index contributed by atoms with van der Waals surface area (Å²) >= 11 is 1.86. The summed E-state index contributed by atoms with van der Waals surface area (Å²) in [6, 6.07) is 7.89. The standard InChI is InChI=1S/C14H19NO2S/c1-15(10-3-11-18-2)13-7-4-12(5-8-13)6-9-14(16)17/h4-9H,3,10-11H2,1-2H3,(H,16,17)/b9-6+. The first kappa shape index (κ1) is 14.6. The van der Waals surface area contributed by atoms with Gasteiger partial charge in [-0.3, -0.25) is 0 Å². The smallest absolute Gasteiger partial charge is 0.328 e. The van der Waals surface area contributed by atoms with Crippen LogP contribution in [-0.4, -0.2) is 36.7 Å². The van der Waals surface area contributed by atoms with Crippen molar-refractivity contribution in [2.45, 2.75) is 6.42 Å². The van der Waals surface area contributed by atoms with Gasteiger partial charge in [-0.25, -0.2) is 4.79 Å². The molecule has 0 heterocycles. The molecular formula is C14H19NO2S. The van der Waals surface area contributed by atoms with E-state index < -0.39 is 5.97 Å². The minimum Gasteiger partial charge on any atom is -0.478 e. The third-order valence-electron chi connectivity index (χ3n) is 2.59. The highest BCUT2D eigenvalue weighted by Crippen LogP contribution is 2.15. The van der Waals surface area contributed by atoms with E-state index in [4.69, 9.17) is 5.11 Å². The van der Waals surface area contributed by atoms with E-state index in [1.54, 1.807) is 6.08 Å². The van der Waals surface area contributed by atoms with Crippen molar-refractivity contribution < 1.29 is 9.90 Å². The van der Waals surface area contributed by atoms with Gasteiger partial charge < -0.3 is 10.0 Å². The SMILES string of the molecule is CSCCCN(C)c1ccc(/C=C/C(=O)O)cc1. The van der Waals surface area contributed by atoms with Gasteiger partial charge in [-0.05, 0) is 42.2 Å². The van der Waals surface area contributed by atoms with Crippen LogP contribution in [0.5, 0.6) is 0 Å². The van der Waals surface area contributed by atoms with Crippen LogP contribution in [0.25, 0.3) is 6.08 Å². The summed E-state index contributed by atoms with van der Waals surface area (Å²) in [6.07, 6.45) is 6.03. The molecule has 4 heteroatoms. The zero-order valence-corrected chi connectivity index (χ0v) is 11.6. The van der Waals surface area contributed by atoms with E-state index in [1.807, 2.05) is 36.0 Å². The Morgan fingerprint density at radius 2 is 2.06 bits per heavy atom. The van der Waals surface area contributed by atoms with Crippen LogP contribution in [-0.2, 0) is 4.79 Å². The van der Waals surface area contributed by atoms with Crippen molar-refractivity contribution in [3.8, 4) is 0 Å². The third-order valence-corrected chi connectivity index (χ3v) is 3.29. The van der Waals surface area contributed by atoms with E-state index in [9.17, 15) is 4.79 Å². The molecule has 0 amide bonds. The molecule has 0 unspecified atom stereocenters. The lowest BCUT2D eigenvalue weighted by molar-refractivity contribution is -0.131. The van der Waals surface area contributed by atoms with Crippen molar-refractivity contribution in [1.82, 2.24) is 0 Å². The fourth-order valence-electron chi connectivity index (χ4n) is 1.58. The number of anilines is 1. The molecule has 0 atom stereocenters. The van der Waals surface area contributed by atoms with Crippen LogP contribution in [0.2, 0.25) is 0 Å². The Morgan fingerprint density at radius 1 is 1.39 bits per heavy atom. The fourth-order valence-corrected chi connectivity index (χ4v) is 2.00. The number of hydrogen-bond donors (Lipinski definition) is 1. The molecule has 0 bridgehead atoms. The number of nitrogens with zero attached hydrogens (tertiary/aromatic N) is 1. The van der Waals surface area contributed by atoms with Gasteiger partial charge >= 0.3 is 5.97 Å². The lowest BCUT2D eigenvalue weighted by Gasteiger charge is -2.19. The topological polar surface area (TPSA) is 40.5 Å². The highest BCUT2D eigenvalue weighted by atomic mass is 32.2. The molecule has 0 saturated carbocycles. The van der Waals surface area contributed by atoms with E-state index in [0.717, 1.165) is 23.9 Å². The molecule has 1 aromatic rings. The van der Waals surface area contributed by atoms with Crippen LogP contribution in [0, 0.1) is 0 Å². The van der Waals surface area contributed by atoms with Gasteiger partial charge in [0.2, 0.25) is 0 Å². The maximum atomic E-state index is 10.4. The van der Waals surface area contributed by atoms with Gasteiger partial charge in [0.15, 0.2) is 0 Å². The van der Waals surface area contributed by atoms with Crippen molar-refractivity contribution in [3.63, 3.8) is 0 Å². The molecule has 18 heavy (non-hydrogen) atoms. The van der Waals surface area contributed by atoms with Crippen LogP contribution >= 0.6 is 11.8 Å². The van der Waals surface area contributed by atoms with E-state index in [-0.39, 0.29) is 0 Å². The largest absolute Gasteiger partial charge is 0.478 e. The van der Waals surface area contributed by atoms with E-state index in [1.165, 1.54) is 12.2 Å². The monoisotopic (exact) mass is 265 g/mol. The van der Waals surface area contributed by atoms with Crippen LogP contribution in [0.3, 0.4) is 0 Å². The third kappa shape index (κ3) is 5.27. The van der Waals surface area contributed by atoms with Crippen molar-refractivity contribution in [1.29, 1.82) is 0 Å². The number of thioether (sulfide) groups is 1. The summed E-state index contributed by atoms with van der Waals surface area (Å²) < 4.78 is 0. The van der Waals surface area contributed by atoms with Crippen molar-refractivity contribution in [2.75, 3.05) is 30.5 Å². The summed E-state index contributed by atoms with van der Waals surface area (Å²) in [7, 11) is 2.07. The number of hydrogen-bond acceptors (Lipinski definition) is 3. The molecule has 1 rings (SSSR count). The zero-order chi connectivity index (χ0) is 13.4. The van der Waals surface area contributed by atoms with Crippen LogP contribution in [0.4, 0.5) is 5.69 Å². The summed E-state index contributed by atoms with van der Waals surface area (Å²) in [5.74, 6) is 0.248. The molecule has 0 saturated heterocycles. The van der Waals surface area contributed by atoms with Gasteiger partial charge in [-0.2, -0.15) is 11.8 Å². The average molecular weight is 265 g/mol. The quantitative estimate of drug-likeness (QED) is 0.608. The Bertz CT molecular complexity index is 401. The van der Waals surface area contributed by atoms with Crippen LogP contribution in [0.1, 0.15) is 12.0 Å². The van der Waals surface area contributed by atoms with E-state index >= 15 is 0 Å². The second-order valence-corrected chi connectivity index (χ2v) is 5.02. The second kappa shape index (κ2) is 7.82. The Hall–Kier alpha value is -1.42. The summed E-state index contributed by atoms with van der Waals surface area (Å²) in [4.78, 5) is 12.6. The normalized spacial score (nSPS) is 10.8. The Morgan fingerprint density at radius 3 is 2.61 bits per heavy atom. The van der Waals surface area contributed by atoms with Gasteiger partial charge in [0.05, 0.1) is 0 Å². The van der Waals surface area contributed by atoms with Gasteiger partial charge in [-0.15, -0.1) is 0 Å². The lowest BCUT2D eigenvalue weighted by atomic mass is 10.2. The number of aliphatic carboxylic acids is 1. The summed E-state index contributed by atoms with van der Waals surface area (Å²) in [6.45, 7) is 1.03. The molecule has 98 valence electrons. The number of carbonyl (C=O) groups is 1. The number of rotatable bonds is 7. The fraction of sp³-hybridized carbons (Fsp3) is 0.357. The first-order chi connectivity index (χ1) is 8.63. The Balaban J connectivity index is 2.56. The molecular weight excluding hydrogens is 246 g/mol. The second-order valence-electron chi connectivity index (χ2n) is 4.03. The minimum absolute atomic E-state index is 0.902. The summed E-state index contributed by atoms with van der Waals surface area (Å²) in [5.41, 5.74) is 2.06. The maximum Gasteiger partial charge on any atom is 0.328 e. The molecule has 0 spiro atoms. The molecule has 0 aliphatic carbocycles. The lowest BCUT2D eigenvalue weighted by Crippen LogP contribution is -2.18.